The van der Waals surface area contributed by atoms with E-state index in [1.807, 2.05) is 12.5 Å². The molecule has 0 aromatic heterocycles. The lowest BCUT2D eigenvalue weighted by Crippen LogP contribution is -2.58. The first-order chi connectivity index (χ1) is 15.4. The van der Waals surface area contributed by atoms with Gasteiger partial charge in [0.1, 0.15) is 18.1 Å². The van der Waals surface area contributed by atoms with Gasteiger partial charge in [-0.2, -0.15) is 23.5 Å². The van der Waals surface area contributed by atoms with Gasteiger partial charge in [0.25, 0.3) is 0 Å². The molecule has 190 valence electrons. The van der Waals surface area contributed by atoms with Crippen molar-refractivity contribution >= 4 is 53.1 Å². The van der Waals surface area contributed by atoms with Crippen molar-refractivity contribution in [3.8, 4) is 0 Å². The van der Waals surface area contributed by atoms with Crippen LogP contribution in [-0.2, 0) is 24.0 Å². The van der Waals surface area contributed by atoms with E-state index >= 15 is 0 Å². The van der Waals surface area contributed by atoms with Gasteiger partial charge in [0.15, 0.2) is 0 Å². The highest BCUT2D eigenvalue weighted by molar-refractivity contribution is 7.98. The van der Waals surface area contributed by atoms with Crippen LogP contribution < -0.4 is 27.4 Å². The van der Waals surface area contributed by atoms with Crippen LogP contribution >= 0.6 is 23.5 Å². The van der Waals surface area contributed by atoms with E-state index in [4.69, 9.17) is 11.5 Å². The maximum Gasteiger partial charge on any atom is 0.326 e. The van der Waals surface area contributed by atoms with Gasteiger partial charge in [-0.25, -0.2) is 4.79 Å². The summed E-state index contributed by atoms with van der Waals surface area (Å²) in [4.78, 5) is 60.8. The monoisotopic (exact) mass is 507 g/mol. The van der Waals surface area contributed by atoms with E-state index in [2.05, 4.69) is 16.0 Å². The third kappa shape index (κ3) is 12.7. The number of nitrogens with one attached hydrogen (secondary N) is 3. The third-order valence-electron chi connectivity index (χ3n) is 4.75. The van der Waals surface area contributed by atoms with Crippen molar-refractivity contribution in [1.29, 1.82) is 0 Å². The summed E-state index contributed by atoms with van der Waals surface area (Å²) in [5.74, 6) is -2.89. The summed E-state index contributed by atoms with van der Waals surface area (Å²) < 4.78 is 0. The minimum absolute atomic E-state index is 0.0694. The van der Waals surface area contributed by atoms with Crippen molar-refractivity contribution in [2.24, 2.45) is 17.4 Å². The number of amides is 4. The van der Waals surface area contributed by atoms with Crippen LogP contribution in [0.15, 0.2) is 0 Å². The largest absolute Gasteiger partial charge is 0.480 e. The van der Waals surface area contributed by atoms with Crippen LogP contribution in [0.3, 0.4) is 0 Å². The van der Waals surface area contributed by atoms with Gasteiger partial charge in [-0.3, -0.25) is 19.2 Å². The molecule has 0 saturated carbocycles. The summed E-state index contributed by atoms with van der Waals surface area (Å²) in [7, 11) is 0. The third-order valence-corrected chi connectivity index (χ3v) is 6.04. The second-order valence-corrected chi connectivity index (χ2v) is 9.84. The van der Waals surface area contributed by atoms with E-state index in [9.17, 15) is 29.1 Å². The lowest BCUT2D eigenvalue weighted by atomic mass is 10.0. The molecule has 0 aromatic carbocycles. The first kappa shape index (κ1) is 31.0. The van der Waals surface area contributed by atoms with E-state index in [0.717, 1.165) is 0 Å². The molecule has 4 amide bonds. The van der Waals surface area contributed by atoms with Crippen LogP contribution in [0.2, 0.25) is 0 Å². The van der Waals surface area contributed by atoms with Crippen molar-refractivity contribution in [3.05, 3.63) is 0 Å². The highest BCUT2D eigenvalue weighted by atomic mass is 32.2. The Bertz CT molecular complexity index is 679. The summed E-state index contributed by atoms with van der Waals surface area (Å²) in [5, 5.41) is 16.9. The van der Waals surface area contributed by atoms with Crippen LogP contribution in [0.1, 0.15) is 39.5 Å². The molecule has 0 saturated heterocycles. The normalized spacial score (nSPS) is 14.6. The zero-order valence-electron chi connectivity index (χ0n) is 19.6. The fourth-order valence-electron chi connectivity index (χ4n) is 2.75. The van der Waals surface area contributed by atoms with Gasteiger partial charge in [0, 0.05) is 6.42 Å². The summed E-state index contributed by atoms with van der Waals surface area (Å²) >= 11 is 2.98. The molecule has 4 atom stereocenters. The van der Waals surface area contributed by atoms with Gasteiger partial charge in [0.2, 0.25) is 23.6 Å². The number of thioether (sulfide) groups is 2. The molecule has 33 heavy (non-hydrogen) atoms. The van der Waals surface area contributed by atoms with Crippen molar-refractivity contribution in [3.63, 3.8) is 0 Å². The summed E-state index contributed by atoms with van der Waals surface area (Å²) in [6.45, 7) is 3.38. The molecule has 0 aliphatic heterocycles. The van der Waals surface area contributed by atoms with E-state index in [1.165, 1.54) is 23.5 Å². The predicted octanol–water partition coefficient (Wildman–Crippen LogP) is -0.720. The fraction of sp³-hybridized carbons (Fsp3) is 0.750. The van der Waals surface area contributed by atoms with Crippen molar-refractivity contribution in [2.45, 2.75) is 63.7 Å². The molecule has 0 aliphatic carbocycles. The number of carbonyl (C=O) groups is 5. The van der Waals surface area contributed by atoms with Crippen molar-refractivity contribution in [1.82, 2.24) is 16.0 Å². The Morgan fingerprint density at radius 3 is 1.85 bits per heavy atom. The van der Waals surface area contributed by atoms with Crippen LogP contribution in [-0.4, -0.2) is 82.9 Å². The molecule has 0 fully saturated rings. The topological polar surface area (TPSA) is 194 Å². The van der Waals surface area contributed by atoms with E-state index < -0.39 is 53.8 Å². The first-order valence-corrected chi connectivity index (χ1v) is 13.4. The maximum atomic E-state index is 12.9. The number of carboxylic acids is 1. The zero-order chi connectivity index (χ0) is 25.6. The zero-order valence-corrected chi connectivity index (χ0v) is 21.2. The molecule has 0 bridgehead atoms. The maximum absolute atomic E-state index is 12.9. The van der Waals surface area contributed by atoms with E-state index in [0.29, 0.717) is 17.9 Å². The second-order valence-electron chi connectivity index (χ2n) is 7.87. The Morgan fingerprint density at radius 1 is 0.818 bits per heavy atom. The molecular formula is C20H37N5O6S2. The molecule has 0 aromatic rings. The lowest BCUT2D eigenvalue weighted by Gasteiger charge is -2.27. The molecule has 13 heteroatoms. The summed E-state index contributed by atoms with van der Waals surface area (Å²) in [6, 6.07) is -4.11. The van der Waals surface area contributed by atoms with Crippen molar-refractivity contribution < 1.29 is 29.1 Å². The number of rotatable bonds is 17. The van der Waals surface area contributed by atoms with Gasteiger partial charge in [0.05, 0.1) is 6.04 Å². The van der Waals surface area contributed by atoms with Crippen LogP contribution in [0, 0.1) is 5.92 Å². The smallest absolute Gasteiger partial charge is 0.326 e. The Balaban J connectivity index is 5.39. The first-order valence-electron chi connectivity index (χ1n) is 10.6. The quantitative estimate of drug-likeness (QED) is 0.147. The molecule has 0 spiro atoms. The molecular weight excluding hydrogens is 470 g/mol. The number of carbonyl (C=O) groups excluding carboxylic acids is 4. The molecule has 0 aliphatic rings. The summed E-state index contributed by atoms with van der Waals surface area (Å²) in [5.41, 5.74) is 11.0. The van der Waals surface area contributed by atoms with E-state index in [1.54, 1.807) is 13.8 Å². The average molecular weight is 508 g/mol. The number of primary amides is 1. The standard InChI is InChI=1S/C20H37N5O6S2/c1-11(2)16(19(29)24-14(20(30)31)8-10-33-4)25-18(28)13(5-6-15(22)26)23-17(27)12(21)7-9-32-3/h11-14,16H,5-10,21H2,1-4H3,(H2,22,26)(H,23,27)(H,24,29)(H,25,28)(H,30,31). The molecule has 0 heterocycles. The molecule has 11 nitrogen and oxygen atoms in total. The highest BCUT2D eigenvalue weighted by Crippen LogP contribution is 2.08. The predicted molar refractivity (Wildman–Crippen MR) is 131 cm³/mol. The van der Waals surface area contributed by atoms with Gasteiger partial charge < -0.3 is 32.5 Å². The summed E-state index contributed by atoms with van der Waals surface area (Å²) in [6.07, 6.45) is 4.10. The van der Waals surface area contributed by atoms with Gasteiger partial charge >= 0.3 is 5.97 Å². The number of hydrogen-bond donors (Lipinski definition) is 6. The van der Waals surface area contributed by atoms with Crippen LogP contribution in [0.25, 0.3) is 0 Å². The Kier molecular flexibility index (Phi) is 15.6. The molecule has 4 unspecified atom stereocenters. The number of carboxylic acid groups (broad SMARTS) is 1. The Hall–Kier alpha value is -1.99. The van der Waals surface area contributed by atoms with Crippen molar-refractivity contribution in [2.75, 3.05) is 24.0 Å². The number of hydrogen-bond acceptors (Lipinski definition) is 8. The fourth-order valence-corrected chi connectivity index (χ4v) is 3.71. The van der Waals surface area contributed by atoms with Crippen LogP contribution in [0.4, 0.5) is 0 Å². The number of aliphatic carboxylic acids is 1. The minimum atomic E-state index is -1.17. The average Bonchev–Trinajstić information content (AvgIpc) is 2.74. The van der Waals surface area contributed by atoms with Gasteiger partial charge in [-0.05, 0) is 49.2 Å². The van der Waals surface area contributed by atoms with Gasteiger partial charge in [-0.1, -0.05) is 13.8 Å². The SMILES string of the molecule is CSCCC(N)C(=O)NC(CCC(N)=O)C(=O)NC(C(=O)NC(CCSC)C(=O)O)C(C)C. The molecule has 8 N–H and O–H groups in total. The Morgan fingerprint density at radius 2 is 1.36 bits per heavy atom. The highest BCUT2D eigenvalue weighted by Gasteiger charge is 2.31. The Labute approximate surface area is 203 Å². The minimum Gasteiger partial charge on any atom is -0.480 e. The van der Waals surface area contributed by atoms with Crippen LogP contribution in [0.5, 0.6) is 0 Å². The van der Waals surface area contributed by atoms with Gasteiger partial charge in [-0.15, -0.1) is 0 Å². The molecule has 0 rings (SSSR count). The molecule has 0 radical (unpaired) electrons. The lowest BCUT2D eigenvalue weighted by molar-refractivity contribution is -0.142. The second kappa shape index (κ2) is 16.6. The number of nitrogens with two attached hydrogens (primary N) is 2. The van der Waals surface area contributed by atoms with E-state index in [-0.39, 0.29) is 25.2 Å².